The number of hydrogen-bond acceptors (Lipinski definition) is 3. The van der Waals surface area contributed by atoms with Crippen LogP contribution in [0.3, 0.4) is 0 Å². The summed E-state index contributed by atoms with van der Waals surface area (Å²) in [6, 6.07) is 4.26. The molecule has 0 amide bonds. The molecule has 106 valence electrons. The second-order valence-corrected chi connectivity index (χ2v) is 5.53. The number of rotatable bonds is 3. The summed E-state index contributed by atoms with van der Waals surface area (Å²) in [5.74, 6) is -1.49. The summed E-state index contributed by atoms with van der Waals surface area (Å²) in [4.78, 5) is 3.87. The Morgan fingerprint density at radius 1 is 1.25 bits per heavy atom. The monoisotopic (exact) mass is 343 g/mol. The molecule has 0 saturated carbocycles. The molecule has 0 fully saturated rings. The first-order valence-electron chi connectivity index (χ1n) is 5.79. The molecule has 1 aromatic carbocycles. The molecule has 0 spiro atoms. The van der Waals surface area contributed by atoms with Crippen LogP contribution in [-0.4, -0.2) is 15.2 Å². The average Bonchev–Trinajstić information content (AvgIpc) is 2.40. The molecule has 2 aromatic rings. The Hall–Kier alpha value is -1.37. The van der Waals surface area contributed by atoms with Crippen LogP contribution >= 0.6 is 15.9 Å². The van der Waals surface area contributed by atoms with Crippen LogP contribution in [0.25, 0.3) is 0 Å². The van der Waals surface area contributed by atoms with Gasteiger partial charge in [0.25, 0.3) is 0 Å². The maximum absolute atomic E-state index is 13.8. The second kappa shape index (κ2) is 5.55. The standard InChI is InChI=1S/C14H12BrF2NO2/c1-14(20,11-5-10(16)2-3-12(11)17)13(19)8-4-9(15)7-18-6-8/h2-7,13,19-20H,1H3/t13-,14?/m1/s1. The van der Waals surface area contributed by atoms with Crippen molar-refractivity contribution in [2.45, 2.75) is 18.6 Å². The van der Waals surface area contributed by atoms with E-state index in [0.29, 0.717) is 4.47 Å². The summed E-state index contributed by atoms with van der Waals surface area (Å²) >= 11 is 3.19. The van der Waals surface area contributed by atoms with E-state index in [0.717, 1.165) is 18.2 Å². The van der Waals surface area contributed by atoms with E-state index >= 15 is 0 Å². The number of pyridine rings is 1. The van der Waals surface area contributed by atoms with Gasteiger partial charge in [-0.25, -0.2) is 8.78 Å². The molecule has 0 aliphatic carbocycles. The topological polar surface area (TPSA) is 53.4 Å². The lowest BCUT2D eigenvalue weighted by Crippen LogP contribution is -2.31. The molecule has 20 heavy (non-hydrogen) atoms. The summed E-state index contributed by atoms with van der Waals surface area (Å²) in [5, 5.41) is 20.6. The van der Waals surface area contributed by atoms with Crippen molar-refractivity contribution in [1.29, 1.82) is 0 Å². The van der Waals surface area contributed by atoms with Crippen LogP contribution in [0.1, 0.15) is 24.2 Å². The number of benzene rings is 1. The van der Waals surface area contributed by atoms with Crippen molar-refractivity contribution in [1.82, 2.24) is 4.98 Å². The van der Waals surface area contributed by atoms with E-state index in [1.165, 1.54) is 19.3 Å². The average molecular weight is 344 g/mol. The van der Waals surface area contributed by atoms with Gasteiger partial charge in [-0.3, -0.25) is 4.98 Å². The van der Waals surface area contributed by atoms with Gasteiger partial charge < -0.3 is 10.2 Å². The smallest absolute Gasteiger partial charge is 0.129 e. The second-order valence-electron chi connectivity index (χ2n) is 4.61. The lowest BCUT2D eigenvalue weighted by atomic mass is 9.86. The molecule has 0 aliphatic rings. The van der Waals surface area contributed by atoms with Gasteiger partial charge in [0.15, 0.2) is 0 Å². The van der Waals surface area contributed by atoms with Gasteiger partial charge in [-0.1, -0.05) is 0 Å². The zero-order valence-corrected chi connectivity index (χ0v) is 12.1. The Labute approximate surface area is 123 Å². The van der Waals surface area contributed by atoms with Crippen molar-refractivity contribution in [3.05, 3.63) is 63.9 Å². The molecule has 3 nitrogen and oxygen atoms in total. The van der Waals surface area contributed by atoms with Crippen LogP contribution in [0.2, 0.25) is 0 Å². The SMILES string of the molecule is CC(O)(c1cc(F)ccc1F)[C@H](O)c1cncc(Br)c1. The van der Waals surface area contributed by atoms with E-state index in [2.05, 4.69) is 20.9 Å². The van der Waals surface area contributed by atoms with Gasteiger partial charge in [0, 0.05) is 28.0 Å². The molecule has 0 aliphatic heterocycles. The van der Waals surface area contributed by atoms with Gasteiger partial charge in [0.1, 0.15) is 23.3 Å². The zero-order valence-electron chi connectivity index (χ0n) is 10.5. The largest absolute Gasteiger partial charge is 0.385 e. The molecule has 1 aromatic heterocycles. The Morgan fingerprint density at radius 3 is 2.60 bits per heavy atom. The summed E-state index contributed by atoms with van der Waals surface area (Å²) in [5.41, 5.74) is -2.02. The highest BCUT2D eigenvalue weighted by molar-refractivity contribution is 9.10. The van der Waals surface area contributed by atoms with Gasteiger partial charge in [0.05, 0.1) is 0 Å². The Morgan fingerprint density at radius 2 is 1.95 bits per heavy atom. The van der Waals surface area contributed by atoms with Crippen molar-refractivity contribution < 1.29 is 19.0 Å². The lowest BCUT2D eigenvalue weighted by molar-refractivity contribution is -0.0715. The first-order chi connectivity index (χ1) is 9.32. The molecule has 1 heterocycles. The number of nitrogens with zero attached hydrogens (tertiary/aromatic N) is 1. The molecule has 2 atom stereocenters. The molecule has 0 radical (unpaired) electrons. The molecule has 2 rings (SSSR count). The highest BCUT2D eigenvalue weighted by Gasteiger charge is 2.36. The Bertz CT molecular complexity index is 634. The molecule has 0 bridgehead atoms. The molecular formula is C14H12BrF2NO2. The summed E-state index contributed by atoms with van der Waals surface area (Å²) < 4.78 is 27.6. The van der Waals surface area contributed by atoms with Crippen LogP contribution in [0.15, 0.2) is 41.1 Å². The minimum atomic E-state index is -1.99. The highest BCUT2D eigenvalue weighted by Crippen LogP contribution is 2.36. The van der Waals surface area contributed by atoms with E-state index in [1.54, 1.807) is 6.07 Å². The first-order valence-corrected chi connectivity index (χ1v) is 6.58. The van der Waals surface area contributed by atoms with Crippen molar-refractivity contribution >= 4 is 15.9 Å². The fourth-order valence-corrected chi connectivity index (χ4v) is 2.32. The minimum Gasteiger partial charge on any atom is -0.385 e. The van der Waals surface area contributed by atoms with E-state index < -0.39 is 23.3 Å². The predicted octanol–water partition coefficient (Wildman–Crippen LogP) is 3.06. The van der Waals surface area contributed by atoms with Gasteiger partial charge in [0.2, 0.25) is 0 Å². The maximum atomic E-state index is 13.8. The predicted molar refractivity (Wildman–Crippen MR) is 72.8 cm³/mol. The van der Waals surface area contributed by atoms with Crippen LogP contribution < -0.4 is 0 Å². The van der Waals surface area contributed by atoms with Crippen LogP contribution in [0.5, 0.6) is 0 Å². The fourth-order valence-electron chi connectivity index (χ4n) is 1.94. The normalized spacial score (nSPS) is 15.7. The third kappa shape index (κ3) is 2.87. The van der Waals surface area contributed by atoms with Crippen molar-refractivity contribution in [2.75, 3.05) is 0 Å². The third-order valence-electron chi connectivity index (χ3n) is 3.05. The minimum absolute atomic E-state index is 0.285. The summed E-state index contributed by atoms with van der Waals surface area (Å²) in [6.07, 6.45) is 1.40. The van der Waals surface area contributed by atoms with Crippen molar-refractivity contribution in [3.63, 3.8) is 0 Å². The number of hydrogen-bond donors (Lipinski definition) is 2. The first kappa shape index (κ1) is 15.0. The fraction of sp³-hybridized carbons (Fsp3) is 0.214. The van der Waals surface area contributed by atoms with Crippen molar-refractivity contribution in [3.8, 4) is 0 Å². The van der Waals surface area contributed by atoms with Gasteiger partial charge in [-0.15, -0.1) is 0 Å². The van der Waals surface area contributed by atoms with Crippen LogP contribution in [-0.2, 0) is 5.60 Å². The molecule has 1 unspecified atom stereocenters. The summed E-state index contributed by atoms with van der Waals surface area (Å²) in [6.45, 7) is 1.22. The van der Waals surface area contributed by atoms with Crippen LogP contribution in [0.4, 0.5) is 8.78 Å². The van der Waals surface area contributed by atoms with Gasteiger partial charge >= 0.3 is 0 Å². The molecule has 6 heteroatoms. The number of halogens is 3. The number of aromatic nitrogens is 1. The van der Waals surface area contributed by atoms with Crippen molar-refractivity contribution in [2.24, 2.45) is 0 Å². The van der Waals surface area contributed by atoms with Gasteiger partial charge in [-0.2, -0.15) is 0 Å². The maximum Gasteiger partial charge on any atom is 0.129 e. The molecular weight excluding hydrogens is 332 g/mol. The third-order valence-corrected chi connectivity index (χ3v) is 3.48. The molecule has 0 saturated heterocycles. The zero-order chi connectivity index (χ0) is 14.9. The quantitative estimate of drug-likeness (QED) is 0.900. The van der Waals surface area contributed by atoms with E-state index in [9.17, 15) is 19.0 Å². The number of aliphatic hydroxyl groups excluding tert-OH is 1. The lowest BCUT2D eigenvalue weighted by Gasteiger charge is -2.30. The molecule has 2 N–H and O–H groups in total. The Balaban J connectivity index is 2.46. The van der Waals surface area contributed by atoms with Crippen LogP contribution in [0, 0.1) is 11.6 Å². The Kier molecular flexibility index (Phi) is 4.17. The summed E-state index contributed by atoms with van der Waals surface area (Å²) in [7, 11) is 0. The van der Waals surface area contributed by atoms with E-state index in [4.69, 9.17) is 0 Å². The van der Waals surface area contributed by atoms with Gasteiger partial charge in [-0.05, 0) is 47.1 Å². The highest BCUT2D eigenvalue weighted by atomic mass is 79.9. The van der Waals surface area contributed by atoms with E-state index in [-0.39, 0.29) is 11.1 Å². The number of aliphatic hydroxyl groups is 2. The van der Waals surface area contributed by atoms with E-state index in [1.807, 2.05) is 0 Å².